The Morgan fingerprint density at radius 1 is 1.48 bits per heavy atom. The number of thiazole rings is 1. The van der Waals surface area contributed by atoms with Crippen LogP contribution in [0.25, 0.3) is 5.13 Å². The second kappa shape index (κ2) is 6.60. The van der Waals surface area contributed by atoms with Gasteiger partial charge in [0, 0.05) is 20.1 Å². The van der Waals surface area contributed by atoms with E-state index in [1.807, 2.05) is 6.92 Å². The number of carbonyl (C=O) groups excluding carboxylic acids is 1. The summed E-state index contributed by atoms with van der Waals surface area (Å²) in [7, 11) is 1.74. The number of nitrogens with one attached hydrogen (secondary N) is 1. The molecule has 1 atom stereocenters. The lowest BCUT2D eigenvalue weighted by molar-refractivity contribution is 0.0306. The van der Waals surface area contributed by atoms with Crippen LogP contribution >= 0.6 is 11.3 Å². The topological polar surface area (TPSA) is 111 Å². The number of nitrogens with two attached hydrogens (primary N) is 1. The van der Waals surface area contributed by atoms with Crippen LogP contribution in [0.2, 0.25) is 0 Å². The van der Waals surface area contributed by atoms with Crippen molar-refractivity contribution in [2.75, 3.05) is 38.7 Å². The third-order valence-corrected chi connectivity index (χ3v) is 4.41. The van der Waals surface area contributed by atoms with Crippen molar-refractivity contribution < 1.29 is 9.53 Å². The normalized spacial score (nSPS) is 16.4. The van der Waals surface area contributed by atoms with Crippen LogP contribution in [-0.4, -0.2) is 63.9 Å². The smallest absolute Gasteiger partial charge is 0.265 e. The van der Waals surface area contributed by atoms with Crippen LogP contribution < -0.4 is 11.1 Å². The lowest BCUT2D eigenvalue weighted by atomic mass is 10.3. The molecule has 0 radical (unpaired) electrons. The monoisotopic (exact) mass is 337 g/mol. The number of amides is 1. The summed E-state index contributed by atoms with van der Waals surface area (Å²) >= 11 is 1.28. The Morgan fingerprint density at radius 3 is 2.87 bits per heavy atom. The van der Waals surface area contributed by atoms with E-state index in [1.54, 1.807) is 22.8 Å². The fraction of sp³-hybridized carbons (Fsp3) is 0.538. The van der Waals surface area contributed by atoms with Crippen molar-refractivity contribution in [3.63, 3.8) is 0 Å². The molecule has 3 heterocycles. The van der Waals surface area contributed by atoms with Gasteiger partial charge in [-0.1, -0.05) is 11.3 Å². The Labute approximate surface area is 137 Å². The molecule has 1 aliphatic rings. The van der Waals surface area contributed by atoms with Gasteiger partial charge >= 0.3 is 0 Å². The zero-order valence-electron chi connectivity index (χ0n) is 13.0. The van der Waals surface area contributed by atoms with Crippen molar-refractivity contribution in [3.8, 4) is 5.13 Å². The minimum absolute atomic E-state index is 0.0339. The van der Waals surface area contributed by atoms with Gasteiger partial charge in [0.1, 0.15) is 4.88 Å². The largest absolute Gasteiger partial charge is 0.378 e. The van der Waals surface area contributed by atoms with Crippen molar-refractivity contribution in [1.29, 1.82) is 0 Å². The molecule has 0 spiro atoms. The van der Waals surface area contributed by atoms with Gasteiger partial charge in [-0.25, -0.2) is 4.98 Å². The van der Waals surface area contributed by atoms with Gasteiger partial charge in [0.25, 0.3) is 5.91 Å². The van der Waals surface area contributed by atoms with Crippen LogP contribution in [0, 0.1) is 0 Å². The number of ether oxygens (including phenoxy) is 1. The van der Waals surface area contributed by atoms with E-state index in [1.165, 1.54) is 11.3 Å². The van der Waals surface area contributed by atoms with E-state index in [-0.39, 0.29) is 11.9 Å². The standard InChI is InChI=1S/C13H19N7O2S/c1-8(14)10-17-12(15-2)18-20(10)13-16-7-9(23-13)11(21)19-3-5-22-6-4-19/h7-8H,3-6,14H2,1-2H3,(H,15,18). The molecule has 1 amide bonds. The predicted molar refractivity (Wildman–Crippen MR) is 85.9 cm³/mol. The van der Waals surface area contributed by atoms with Gasteiger partial charge in [-0.05, 0) is 6.92 Å². The van der Waals surface area contributed by atoms with Gasteiger partial charge in [-0.15, -0.1) is 5.10 Å². The third kappa shape index (κ3) is 3.19. The quantitative estimate of drug-likeness (QED) is 0.823. The maximum absolute atomic E-state index is 12.5. The number of hydrogen-bond donors (Lipinski definition) is 2. The number of carbonyl (C=O) groups is 1. The lowest BCUT2D eigenvalue weighted by Gasteiger charge is -2.26. The number of nitrogens with zero attached hydrogens (tertiary/aromatic N) is 5. The minimum atomic E-state index is -0.299. The molecule has 0 bridgehead atoms. The second-order valence-electron chi connectivity index (χ2n) is 5.16. The summed E-state index contributed by atoms with van der Waals surface area (Å²) in [6.45, 7) is 4.17. The Morgan fingerprint density at radius 2 is 2.22 bits per heavy atom. The van der Waals surface area contributed by atoms with Crippen LogP contribution in [0.1, 0.15) is 28.5 Å². The van der Waals surface area contributed by atoms with Gasteiger partial charge in [-0.2, -0.15) is 9.67 Å². The van der Waals surface area contributed by atoms with E-state index in [0.29, 0.717) is 48.1 Å². The third-order valence-electron chi connectivity index (χ3n) is 3.45. The number of anilines is 1. The molecule has 2 aromatic heterocycles. The van der Waals surface area contributed by atoms with Crippen molar-refractivity contribution >= 4 is 23.2 Å². The molecule has 124 valence electrons. The Kier molecular flexibility index (Phi) is 4.55. The number of morpholine rings is 1. The Balaban J connectivity index is 1.87. The van der Waals surface area contributed by atoms with E-state index in [2.05, 4.69) is 20.4 Å². The molecular weight excluding hydrogens is 318 g/mol. The molecule has 1 saturated heterocycles. The zero-order chi connectivity index (χ0) is 16.4. The van der Waals surface area contributed by atoms with Crippen LogP contribution in [0.4, 0.5) is 5.95 Å². The zero-order valence-corrected chi connectivity index (χ0v) is 13.8. The molecule has 3 N–H and O–H groups in total. The number of aromatic nitrogens is 4. The minimum Gasteiger partial charge on any atom is -0.378 e. The van der Waals surface area contributed by atoms with Crippen molar-refractivity contribution in [3.05, 3.63) is 16.9 Å². The highest BCUT2D eigenvalue weighted by Gasteiger charge is 2.23. The summed E-state index contributed by atoms with van der Waals surface area (Å²) < 4.78 is 6.85. The van der Waals surface area contributed by atoms with Crippen LogP contribution in [-0.2, 0) is 4.74 Å². The molecule has 1 fully saturated rings. The van der Waals surface area contributed by atoms with Crippen molar-refractivity contribution in [1.82, 2.24) is 24.6 Å². The fourth-order valence-corrected chi connectivity index (χ4v) is 3.09. The molecule has 2 aromatic rings. The molecule has 23 heavy (non-hydrogen) atoms. The maximum Gasteiger partial charge on any atom is 0.265 e. The van der Waals surface area contributed by atoms with Gasteiger partial charge in [0.15, 0.2) is 5.82 Å². The summed E-state index contributed by atoms with van der Waals surface area (Å²) in [4.78, 5) is 23.5. The van der Waals surface area contributed by atoms with E-state index in [0.717, 1.165) is 0 Å². The number of hydrogen-bond acceptors (Lipinski definition) is 8. The average Bonchev–Trinajstić information content (AvgIpc) is 3.21. The average molecular weight is 337 g/mol. The summed E-state index contributed by atoms with van der Waals surface area (Å²) in [5, 5.41) is 7.78. The molecule has 9 nitrogen and oxygen atoms in total. The summed E-state index contributed by atoms with van der Waals surface area (Å²) in [5.41, 5.74) is 5.94. The molecule has 1 aliphatic heterocycles. The summed E-state index contributed by atoms with van der Waals surface area (Å²) in [6, 6.07) is -0.299. The predicted octanol–water partition coefficient (Wildman–Crippen LogP) is 0.258. The first-order chi connectivity index (χ1) is 11.1. The molecule has 0 aromatic carbocycles. The van der Waals surface area contributed by atoms with E-state index >= 15 is 0 Å². The van der Waals surface area contributed by atoms with Gasteiger partial charge < -0.3 is 20.7 Å². The highest BCUT2D eigenvalue weighted by Crippen LogP contribution is 2.22. The van der Waals surface area contributed by atoms with E-state index in [4.69, 9.17) is 10.5 Å². The number of rotatable bonds is 4. The van der Waals surface area contributed by atoms with Crippen LogP contribution in [0.15, 0.2) is 6.20 Å². The van der Waals surface area contributed by atoms with E-state index < -0.39 is 0 Å². The highest BCUT2D eigenvalue weighted by atomic mass is 32.1. The SMILES string of the molecule is CNc1nc(C(C)N)n(-c2ncc(C(=O)N3CCOCC3)s2)n1. The second-order valence-corrected chi connectivity index (χ2v) is 6.16. The van der Waals surface area contributed by atoms with Gasteiger partial charge in [0.2, 0.25) is 11.1 Å². The Bertz CT molecular complexity index is 690. The molecular formula is C13H19N7O2S. The maximum atomic E-state index is 12.5. The molecule has 3 rings (SSSR count). The molecule has 1 unspecified atom stereocenters. The van der Waals surface area contributed by atoms with Gasteiger partial charge in [0.05, 0.1) is 25.5 Å². The van der Waals surface area contributed by atoms with E-state index in [9.17, 15) is 4.79 Å². The molecule has 0 saturated carbocycles. The lowest BCUT2D eigenvalue weighted by Crippen LogP contribution is -2.40. The molecule has 0 aliphatic carbocycles. The van der Waals surface area contributed by atoms with Crippen LogP contribution in [0.3, 0.4) is 0 Å². The van der Waals surface area contributed by atoms with Crippen molar-refractivity contribution in [2.24, 2.45) is 5.73 Å². The van der Waals surface area contributed by atoms with Gasteiger partial charge in [-0.3, -0.25) is 4.79 Å². The first-order valence-corrected chi connectivity index (χ1v) is 8.15. The molecule has 10 heteroatoms. The fourth-order valence-electron chi connectivity index (χ4n) is 2.25. The summed E-state index contributed by atoms with van der Waals surface area (Å²) in [5.74, 6) is 1.02. The first kappa shape index (κ1) is 15.8. The Hall–Kier alpha value is -2.04. The van der Waals surface area contributed by atoms with Crippen molar-refractivity contribution in [2.45, 2.75) is 13.0 Å². The van der Waals surface area contributed by atoms with Crippen LogP contribution in [0.5, 0.6) is 0 Å². The highest BCUT2D eigenvalue weighted by molar-refractivity contribution is 7.16. The summed E-state index contributed by atoms with van der Waals surface area (Å²) in [6.07, 6.45) is 1.57. The first-order valence-electron chi connectivity index (χ1n) is 7.33.